The lowest BCUT2D eigenvalue weighted by atomic mass is 10.1. The monoisotopic (exact) mass is 432 g/mol. The molecule has 2 aliphatic rings. The van der Waals surface area contributed by atoms with Crippen molar-refractivity contribution < 1.29 is 8.91 Å². The molecule has 3 atom stereocenters. The van der Waals surface area contributed by atoms with E-state index in [-0.39, 0.29) is 18.0 Å². The van der Waals surface area contributed by atoms with Crippen LogP contribution in [0.15, 0.2) is 40.2 Å². The Labute approximate surface area is 180 Å². The maximum Gasteiger partial charge on any atom is 0.280 e. The molecule has 4 heterocycles. The van der Waals surface area contributed by atoms with Crippen LogP contribution in [0.3, 0.4) is 0 Å². The van der Waals surface area contributed by atoms with Gasteiger partial charge in [0, 0.05) is 31.7 Å². The van der Waals surface area contributed by atoms with Crippen LogP contribution in [0.4, 0.5) is 10.1 Å². The van der Waals surface area contributed by atoms with E-state index in [1.807, 2.05) is 6.07 Å². The first-order valence-electron chi connectivity index (χ1n) is 10.2. The number of hydrogen-bond donors (Lipinski definition) is 0. The van der Waals surface area contributed by atoms with Gasteiger partial charge in [-0.1, -0.05) is 5.16 Å². The highest BCUT2D eigenvalue weighted by molar-refractivity contribution is 5.68. The lowest BCUT2D eigenvalue weighted by Gasteiger charge is -2.21. The zero-order valence-corrected chi connectivity index (χ0v) is 17.0. The lowest BCUT2D eigenvalue weighted by Crippen LogP contribution is -2.24. The van der Waals surface area contributed by atoms with Gasteiger partial charge in [-0.15, -0.1) is 0 Å². The summed E-state index contributed by atoms with van der Waals surface area (Å²) < 4.78 is 22.2. The molecule has 0 amide bonds. The van der Waals surface area contributed by atoms with Gasteiger partial charge in [-0.05, 0) is 30.0 Å². The summed E-state index contributed by atoms with van der Waals surface area (Å²) in [5, 5.41) is 13.2. The second-order valence-electron chi connectivity index (χ2n) is 8.32. The predicted molar refractivity (Wildman–Crippen MR) is 109 cm³/mol. The fourth-order valence-electron chi connectivity index (χ4n) is 4.74. The van der Waals surface area contributed by atoms with E-state index in [2.05, 4.69) is 25.0 Å². The van der Waals surface area contributed by atoms with Crippen molar-refractivity contribution in [2.75, 3.05) is 18.0 Å². The molecule has 0 bridgehead atoms. The van der Waals surface area contributed by atoms with Gasteiger partial charge >= 0.3 is 0 Å². The van der Waals surface area contributed by atoms with Crippen LogP contribution in [0.2, 0.25) is 0 Å². The summed E-state index contributed by atoms with van der Waals surface area (Å²) in [5.41, 5.74) is 1.63. The molecular formula is C21H17FN8O2. The first-order valence-corrected chi connectivity index (χ1v) is 10.2. The standard InChI is InChI=1S/C21H17FN8O2/c1-28-9-24-20-18(28)21(31)30(10-25-20)8-16-26-19(27-32-16)17-14-6-29(7-15(14)17)13-3-11(5-23)2-12(22)4-13/h2-4,9-10,14-15,17H,6-8H2,1H3/t14-,15+,17-. The number of piperidine rings is 1. The largest absolute Gasteiger partial charge is 0.371 e. The third-order valence-electron chi connectivity index (χ3n) is 6.36. The number of imidazole rings is 1. The first-order chi connectivity index (χ1) is 15.5. The number of hydrogen-bond acceptors (Lipinski definition) is 8. The smallest absolute Gasteiger partial charge is 0.280 e. The van der Waals surface area contributed by atoms with Gasteiger partial charge in [-0.25, -0.2) is 14.4 Å². The molecule has 1 aliphatic carbocycles. The molecule has 4 aromatic rings. The van der Waals surface area contributed by atoms with Gasteiger partial charge in [-0.2, -0.15) is 10.2 Å². The van der Waals surface area contributed by atoms with Crippen LogP contribution < -0.4 is 10.5 Å². The Kier molecular flexibility index (Phi) is 3.92. The van der Waals surface area contributed by atoms with E-state index in [1.54, 1.807) is 24.0 Å². The molecule has 1 saturated heterocycles. The molecule has 10 nitrogen and oxygen atoms in total. The number of aromatic nitrogens is 6. The van der Waals surface area contributed by atoms with E-state index in [4.69, 9.17) is 9.78 Å². The zero-order chi connectivity index (χ0) is 22.0. The van der Waals surface area contributed by atoms with Crippen LogP contribution in [0.1, 0.15) is 23.2 Å². The fourth-order valence-corrected chi connectivity index (χ4v) is 4.74. The number of fused-ring (bicyclic) bond motifs is 2. The topological polar surface area (TPSA) is 119 Å². The SMILES string of the molecule is Cn1cnc2ncn(Cc3nc([C@@H]4[C@@H]5CN(c6cc(F)cc(C#N)c6)C[C@@H]54)no3)c(=O)c21. The predicted octanol–water partition coefficient (Wildman–Crippen LogP) is 1.42. The van der Waals surface area contributed by atoms with Crippen molar-refractivity contribution >= 4 is 16.9 Å². The molecule has 1 aliphatic heterocycles. The van der Waals surface area contributed by atoms with Gasteiger partial charge in [0.05, 0.1) is 18.0 Å². The summed E-state index contributed by atoms with van der Waals surface area (Å²) in [6.07, 6.45) is 2.98. The van der Waals surface area contributed by atoms with Gasteiger partial charge in [0.25, 0.3) is 5.56 Å². The van der Waals surface area contributed by atoms with E-state index in [0.29, 0.717) is 40.3 Å². The Hall–Kier alpha value is -4.07. The molecule has 0 radical (unpaired) electrons. The second kappa shape index (κ2) is 6.71. The maximum atomic E-state index is 13.8. The lowest BCUT2D eigenvalue weighted by molar-refractivity contribution is 0.363. The van der Waals surface area contributed by atoms with Crippen LogP contribution in [0.25, 0.3) is 11.2 Å². The summed E-state index contributed by atoms with van der Waals surface area (Å²) in [6.45, 7) is 1.62. The number of anilines is 1. The number of rotatable bonds is 4. The number of nitriles is 1. The van der Waals surface area contributed by atoms with Gasteiger partial charge in [0.1, 0.15) is 18.7 Å². The third kappa shape index (κ3) is 2.87. The van der Waals surface area contributed by atoms with Crippen molar-refractivity contribution in [3.63, 3.8) is 0 Å². The minimum absolute atomic E-state index is 0.133. The summed E-state index contributed by atoms with van der Waals surface area (Å²) in [5.74, 6) is 1.45. The Morgan fingerprint density at radius 1 is 1.22 bits per heavy atom. The fraction of sp³-hybridized carbons (Fsp3) is 0.333. The van der Waals surface area contributed by atoms with E-state index < -0.39 is 5.82 Å². The van der Waals surface area contributed by atoms with Crippen LogP contribution >= 0.6 is 0 Å². The number of halogens is 1. The number of aryl methyl sites for hydroxylation is 1. The molecule has 6 rings (SSSR count). The van der Waals surface area contributed by atoms with Crippen molar-refractivity contribution in [2.24, 2.45) is 18.9 Å². The van der Waals surface area contributed by atoms with Crippen molar-refractivity contribution in [1.82, 2.24) is 29.2 Å². The first kappa shape index (κ1) is 18.7. The molecular weight excluding hydrogens is 415 g/mol. The average molecular weight is 432 g/mol. The second-order valence-corrected chi connectivity index (χ2v) is 8.32. The molecule has 0 spiro atoms. The Morgan fingerprint density at radius 2 is 2.00 bits per heavy atom. The van der Waals surface area contributed by atoms with E-state index in [9.17, 15) is 9.18 Å². The maximum absolute atomic E-state index is 13.8. The molecule has 32 heavy (non-hydrogen) atoms. The van der Waals surface area contributed by atoms with Crippen LogP contribution in [0.5, 0.6) is 0 Å². The van der Waals surface area contributed by atoms with E-state index in [0.717, 1.165) is 18.8 Å². The van der Waals surface area contributed by atoms with Gasteiger partial charge < -0.3 is 14.0 Å². The van der Waals surface area contributed by atoms with Crippen molar-refractivity contribution in [3.8, 4) is 6.07 Å². The summed E-state index contributed by atoms with van der Waals surface area (Å²) in [7, 11) is 1.74. The molecule has 1 saturated carbocycles. The minimum Gasteiger partial charge on any atom is -0.371 e. The molecule has 0 unspecified atom stereocenters. The number of benzene rings is 1. The summed E-state index contributed by atoms with van der Waals surface area (Å²) >= 11 is 0. The highest BCUT2D eigenvalue weighted by atomic mass is 19.1. The van der Waals surface area contributed by atoms with Gasteiger partial charge in [-0.3, -0.25) is 9.36 Å². The third-order valence-corrected chi connectivity index (χ3v) is 6.36. The minimum atomic E-state index is -0.409. The van der Waals surface area contributed by atoms with Crippen molar-refractivity contribution in [2.45, 2.75) is 12.5 Å². The molecule has 160 valence electrons. The quantitative estimate of drug-likeness (QED) is 0.475. The molecule has 3 aromatic heterocycles. The zero-order valence-electron chi connectivity index (χ0n) is 17.0. The Balaban J connectivity index is 1.16. The van der Waals surface area contributed by atoms with Crippen molar-refractivity contribution in [1.29, 1.82) is 5.26 Å². The van der Waals surface area contributed by atoms with Crippen molar-refractivity contribution in [3.05, 3.63) is 64.3 Å². The van der Waals surface area contributed by atoms with Gasteiger partial charge in [0.2, 0.25) is 5.89 Å². The molecule has 2 fully saturated rings. The number of nitrogens with zero attached hydrogens (tertiary/aromatic N) is 8. The van der Waals surface area contributed by atoms with E-state index >= 15 is 0 Å². The average Bonchev–Trinajstić information content (AvgIpc) is 3.20. The summed E-state index contributed by atoms with van der Waals surface area (Å²) in [4.78, 5) is 27.6. The highest BCUT2D eigenvalue weighted by Crippen LogP contribution is 2.57. The van der Waals surface area contributed by atoms with Crippen LogP contribution in [-0.2, 0) is 13.6 Å². The van der Waals surface area contributed by atoms with Crippen LogP contribution in [-0.4, -0.2) is 42.3 Å². The normalized spacial score (nSPS) is 21.7. The van der Waals surface area contributed by atoms with Crippen LogP contribution in [0, 0.1) is 29.0 Å². The highest BCUT2D eigenvalue weighted by Gasteiger charge is 2.58. The Morgan fingerprint density at radius 3 is 2.78 bits per heavy atom. The molecule has 0 N–H and O–H groups in total. The molecule has 11 heteroatoms. The van der Waals surface area contributed by atoms with E-state index in [1.165, 1.54) is 23.0 Å². The Bertz CT molecular complexity index is 1450. The molecule has 1 aromatic carbocycles. The summed E-state index contributed by atoms with van der Waals surface area (Å²) in [6, 6.07) is 6.39. The van der Waals surface area contributed by atoms with Gasteiger partial charge in [0.15, 0.2) is 17.0 Å².